The van der Waals surface area contributed by atoms with Gasteiger partial charge in [-0.25, -0.2) is 0 Å². The van der Waals surface area contributed by atoms with E-state index in [1.807, 2.05) is 24.3 Å². The summed E-state index contributed by atoms with van der Waals surface area (Å²) in [6.45, 7) is 0. The monoisotopic (exact) mass is 267 g/mol. The van der Waals surface area contributed by atoms with Crippen LogP contribution in [0.1, 0.15) is 0 Å². The van der Waals surface area contributed by atoms with E-state index in [0.717, 1.165) is 11.3 Å². The van der Waals surface area contributed by atoms with Gasteiger partial charge in [-0.3, -0.25) is 4.79 Å². The van der Waals surface area contributed by atoms with Crippen molar-refractivity contribution in [3.05, 3.63) is 58.8 Å². The molecule has 2 N–H and O–H groups in total. The third kappa shape index (κ3) is 2.12. The van der Waals surface area contributed by atoms with Crippen molar-refractivity contribution in [1.82, 2.24) is 0 Å². The highest BCUT2D eigenvalue weighted by Gasteiger charge is 2.07. The Hall–Kier alpha value is -2.75. The van der Waals surface area contributed by atoms with E-state index in [1.165, 1.54) is 6.07 Å². The van der Waals surface area contributed by atoms with Crippen LogP contribution in [0.2, 0.25) is 0 Å². The van der Waals surface area contributed by atoms with Gasteiger partial charge in [0.15, 0.2) is 5.43 Å². The molecule has 0 amide bonds. The quantitative estimate of drug-likeness (QED) is 0.725. The van der Waals surface area contributed by atoms with E-state index in [4.69, 9.17) is 14.9 Å². The highest BCUT2D eigenvalue weighted by molar-refractivity contribution is 5.81. The molecule has 0 atom stereocenters. The van der Waals surface area contributed by atoms with E-state index in [9.17, 15) is 4.79 Å². The fourth-order valence-electron chi connectivity index (χ4n) is 2.07. The van der Waals surface area contributed by atoms with Gasteiger partial charge in [-0.05, 0) is 42.5 Å². The first-order chi connectivity index (χ1) is 9.67. The van der Waals surface area contributed by atoms with Gasteiger partial charge in [-0.15, -0.1) is 0 Å². The normalized spacial score (nSPS) is 10.7. The van der Waals surface area contributed by atoms with Crippen LogP contribution in [0.4, 0.5) is 5.69 Å². The molecule has 0 aliphatic carbocycles. The minimum absolute atomic E-state index is 0.107. The first-order valence-corrected chi connectivity index (χ1v) is 6.15. The van der Waals surface area contributed by atoms with Crippen LogP contribution in [0.5, 0.6) is 5.75 Å². The lowest BCUT2D eigenvalue weighted by molar-refractivity contribution is 0.415. The molecule has 100 valence electrons. The van der Waals surface area contributed by atoms with Crippen LogP contribution in [0, 0.1) is 0 Å². The zero-order valence-electron chi connectivity index (χ0n) is 10.9. The van der Waals surface area contributed by atoms with Gasteiger partial charge in [0.05, 0.1) is 12.5 Å². The van der Waals surface area contributed by atoms with Gasteiger partial charge >= 0.3 is 0 Å². The van der Waals surface area contributed by atoms with Crippen LogP contribution >= 0.6 is 0 Å². The summed E-state index contributed by atoms with van der Waals surface area (Å²) in [4.78, 5) is 12.1. The predicted octanol–water partition coefficient (Wildman–Crippen LogP) is 3.05. The lowest BCUT2D eigenvalue weighted by atomic mass is 10.1. The molecule has 4 heteroatoms. The van der Waals surface area contributed by atoms with Gasteiger partial charge in [0.25, 0.3) is 0 Å². The Morgan fingerprint density at radius 1 is 1.05 bits per heavy atom. The van der Waals surface area contributed by atoms with Crippen LogP contribution in [-0.4, -0.2) is 7.11 Å². The third-order valence-electron chi connectivity index (χ3n) is 3.13. The molecule has 0 radical (unpaired) electrons. The summed E-state index contributed by atoms with van der Waals surface area (Å²) in [5.74, 6) is 1.28. The van der Waals surface area contributed by atoms with Crippen molar-refractivity contribution in [2.24, 2.45) is 0 Å². The smallest absolute Gasteiger partial charge is 0.193 e. The van der Waals surface area contributed by atoms with E-state index in [2.05, 4.69) is 0 Å². The SMILES string of the molecule is COc1ccc(-c2cc(=O)c3cc(N)ccc3o2)cc1. The molecule has 4 nitrogen and oxygen atoms in total. The Morgan fingerprint density at radius 2 is 1.80 bits per heavy atom. The fraction of sp³-hybridized carbons (Fsp3) is 0.0625. The second kappa shape index (κ2) is 4.74. The number of nitrogens with two attached hydrogens (primary N) is 1. The first kappa shape index (κ1) is 12.3. The minimum atomic E-state index is -0.107. The summed E-state index contributed by atoms with van der Waals surface area (Å²) < 4.78 is 10.9. The lowest BCUT2D eigenvalue weighted by Crippen LogP contribution is -2.01. The van der Waals surface area contributed by atoms with Crippen molar-refractivity contribution < 1.29 is 9.15 Å². The van der Waals surface area contributed by atoms with Crippen molar-refractivity contribution in [3.8, 4) is 17.1 Å². The van der Waals surface area contributed by atoms with Crippen LogP contribution < -0.4 is 15.9 Å². The Kier molecular flexibility index (Phi) is 2.91. The summed E-state index contributed by atoms with van der Waals surface area (Å²) in [5.41, 5.74) is 7.46. The average molecular weight is 267 g/mol. The molecule has 0 bridgehead atoms. The van der Waals surface area contributed by atoms with E-state index in [1.54, 1.807) is 25.3 Å². The van der Waals surface area contributed by atoms with Crippen molar-refractivity contribution in [3.63, 3.8) is 0 Å². The molecular weight excluding hydrogens is 254 g/mol. The maximum Gasteiger partial charge on any atom is 0.193 e. The number of benzene rings is 2. The Bertz CT molecular complexity index is 819. The summed E-state index contributed by atoms with van der Waals surface area (Å²) in [7, 11) is 1.61. The molecule has 2 aromatic carbocycles. The number of methoxy groups -OCH3 is 1. The summed E-state index contributed by atoms with van der Waals surface area (Å²) >= 11 is 0. The van der Waals surface area contributed by atoms with Crippen LogP contribution in [0.15, 0.2) is 57.7 Å². The highest BCUT2D eigenvalue weighted by atomic mass is 16.5. The molecule has 1 aromatic heterocycles. The fourth-order valence-corrected chi connectivity index (χ4v) is 2.07. The van der Waals surface area contributed by atoms with Gasteiger partial charge in [-0.2, -0.15) is 0 Å². The van der Waals surface area contributed by atoms with Gasteiger partial charge in [0.2, 0.25) is 0 Å². The molecular formula is C16H13NO3. The number of ether oxygens (including phenoxy) is 1. The number of hydrogen-bond acceptors (Lipinski definition) is 4. The lowest BCUT2D eigenvalue weighted by Gasteiger charge is -2.05. The minimum Gasteiger partial charge on any atom is -0.497 e. The molecule has 0 saturated carbocycles. The molecule has 20 heavy (non-hydrogen) atoms. The van der Waals surface area contributed by atoms with Gasteiger partial charge in [-0.1, -0.05) is 0 Å². The molecule has 0 aliphatic rings. The molecule has 3 rings (SSSR count). The number of anilines is 1. The van der Waals surface area contributed by atoms with E-state index in [-0.39, 0.29) is 5.43 Å². The van der Waals surface area contributed by atoms with E-state index < -0.39 is 0 Å². The second-order valence-electron chi connectivity index (χ2n) is 4.46. The molecule has 3 aromatic rings. The predicted molar refractivity (Wildman–Crippen MR) is 78.9 cm³/mol. The average Bonchev–Trinajstić information content (AvgIpc) is 2.48. The molecule has 0 fully saturated rings. The molecule has 0 unspecified atom stereocenters. The topological polar surface area (TPSA) is 65.5 Å². The largest absolute Gasteiger partial charge is 0.497 e. The van der Waals surface area contributed by atoms with Crippen LogP contribution in [-0.2, 0) is 0 Å². The van der Waals surface area contributed by atoms with Crippen molar-refractivity contribution in [1.29, 1.82) is 0 Å². The van der Waals surface area contributed by atoms with Gasteiger partial charge < -0.3 is 14.9 Å². The van der Waals surface area contributed by atoms with E-state index in [0.29, 0.717) is 22.4 Å². The van der Waals surface area contributed by atoms with Crippen molar-refractivity contribution in [2.75, 3.05) is 12.8 Å². The van der Waals surface area contributed by atoms with Crippen molar-refractivity contribution in [2.45, 2.75) is 0 Å². The second-order valence-corrected chi connectivity index (χ2v) is 4.46. The summed E-state index contributed by atoms with van der Waals surface area (Å²) in [5, 5.41) is 0.488. The van der Waals surface area contributed by atoms with Crippen LogP contribution in [0.3, 0.4) is 0 Å². The Morgan fingerprint density at radius 3 is 2.50 bits per heavy atom. The molecule has 0 aliphatic heterocycles. The third-order valence-corrected chi connectivity index (χ3v) is 3.13. The number of rotatable bonds is 2. The number of hydrogen-bond donors (Lipinski definition) is 1. The Labute approximate surface area is 115 Å². The zero-order valence-corrected chi connectivity index (χ0v) is 10.9. The number of nitrogen functional groups attached to an aromatic ring is 1. The zero-order chi connectivity index (χ0) is 14.1. The summed E-state index contributed by atoms with van der Waals surface area (Å²) in [6, 6.07) is 13.9. The molecule has 0 saturated heterocycles. The van der Waals surface area contributed by atoms with Crippen molar-refractivity contribution >= 4 is 16.7 Å². The van der Waals surface area contributed by atoms with Gasteiger partial charge in [0, 0.05) is 17.3 Å². The van der Waals surface area contributed by atoms with E-state index >= 15 is 0 Å². The first-order valence-electron chi connectivity index (χ1n) is 6.15. The van der Waals surface area contributed by atoms with Gasteiger partial charge in [0.1, 0.15) is 17.1 Å². The maximum absolute atomic E-state index is 12.1. The number of fused-ring (bicyclic) bond motifs is 1. The summed E-state index contributed by atoms with van der Waals surface area (Å²) in [6.07, 6.45) is 0. The maximum atomic E-state index is 12.1. The van der Waals surface area contributed by atoms with Crippen LogP contribution in [0.25, 0.3) is 22.3 Å². The molecule has 1 heterocycles. The molecule has 0 spiro atoms. The standard InChI is InChI=1S/C16H13NO3/c1-19-12-5-2-10(3-6-12)16-9-14(18)13-8-11(17)4-7-15(13)20-16/h2-9H,17H2,1H3. The Balaban J connectivity index is 2.16. The highest BCUT2D eigenvalue weighted by Crippen LogP contribution is 2.24.